The number of unbranched alkanes of at least 4 members (excludes halogenated alkanes) is 5. The van der Waals surface area contributed by atoms with Gasteiger partial charge in [-0.3, -0.25) is 14.4 Å². The van der Waals surface area contributed by atoms with Crippen LogP contribution in [-0.4, -0.2) is 94.6 Å². The molecule has 38 heavy (non-hydrogen) atoms. The van der Waals surface area contributed by atoms with Crippen LogP contribution in [0.1, 0.15) is 78.1 Å². The zero-order chi connectivity index (χ0) is 27.9. The molecule has 3 fully saturated rings. The summed E-state index contributed by atoms with van der Waals surface area (Å²) < 4.78 is 6.87. The highest BCUT2D eigenvalue weighted by Gasteiger charge is 2.78. The Kier molecular flexibility index (Phi) is 10.6. The molecule has 8 heteroatoms. The van der Waals surface area contributed by atoms with Gasteiger partial charge in [0.1, 0.15) is 11.6 Å². The van der Waals surface area contributed by atoms with Crippen LogP contribution in [0.2, 0.25) is 0 Å². The highest BCUT2D eigenvalue weighted by molar-refractivity contribution is 5.99. The lowest BCUT2D eigenvalue weighted by molar-refractivity contribution is -0.154. The zero-order valence-electron chi connectivity index (χ0n) is 23.8. The van der Waals surface area contributed by atoms with Crippen LogP contribution in [0.25, 0.3) is 0 Å². The van der Waals surface area contributed by atoms with E-state index < -0.39 is 29.1 Å². The number of carbonyl (C=O) groups excluding carboxylic acids is 3. The molecule has 8 nitrogen and oxygen atoms in total. The van der Waals surface area contributed by atoms with Crippen molar-refractivity contribution >= 4 is 17.7 Å². The molecule has 0 aliphatic carbocycles. The first-order valence-electron chi connectivity index (χ1n) is 14.7. The van der Waals surface area contributed by atoms with E-state index in [2.05, 4.69) is 20.1 Å². The summed E-state index contributed by atoms with van der Waals surface area (Å²) in [7, 11) is 1.74. The quantitative estimate of drug-likeness (QED) is 0.229. The summed E-state index contributed by atoms with van der Waals surface area (Å²) in [6, 6.07) is -0.740. The minimum Gasteiger partial charge on any atom is -0.396 e. The second-order valence-electron chi connectivity index (χ2n) is 11.3. The minimum atomic E-state index is -0.991. The summed E-state index contributed by atoms with van der Waals surface area (Å²) in [5, 5.41) is 9.14. The summed E-state index contributed by atoms with van der Waals surface area (Å²) in [5.74, 6) is -1.59. The van der Waals surface area contributed by atoms with E-state index in [1.807, 2.05) is 11.8 Å². The standard InChI is InChI=1S/C30H49N3O5/c1-6-10-13-20-32(19-8-3)28(37)25-30-17-16-29(9-4,38-30)23(26(35)31(5)18-7-2)24(30)27(36)33(25)21-14-11-12-15-22-34/h7-8,23-25,34H,2-3,6,9-22H2,1,4-5H3/t23-,24-,25?,29+,30?/m0/s1. The molecular formula is C30H49N3O5. The SMILES string of the molecule is C=CCN(C)C(=O)[C@@H]1[C@H]2C(=O)N(CCCCCCO)C(C(=O)N(CC=C)CCCCC)C23CC[C@@]1(CC)O3. The topological polar surface area (TPSA) is 90.4 Å². The third kappa shape index (κ3) is 5.44. The number of amides is 3. The molecule has 2 unspecified atom stereocenters. The molecule has 1 N–H and O–H groups in total. The number of likely N-dealkylation sites (tertiary alicyclic amines) is 1. The van der Waals surface area contributed by atoms with E-state index in [1.54, 1.807) is 29.0 Å². The van der Waals surface area contributed by atoms with Gasteiger partial charge >= 0.3 is 0 Å². The van der Waals surface area contributed by atoms with Gasteiger partial charge in [-0.1, -0.05) is 51.7 Å². The summed E-state index contributed by atoms with van der Waals surface area (Å²) in [5.41, 5.74) is -1.72. The molecule has 3 saturated heterocycles. The van der Waals surface area contributed by atoms with Crippen LogP contribution in [0.4, 0.5) is 0 Å². The van der Waals surface area contributed by atoms with Crippen molar-refractivity contribution in [3.8, 4) is 0 Å². The van der Waals surface area contributed by atoms with E-state index in [9.17, 15) is 14.4 Å². The number of likely N-dealkylation sites (N-methyl/N-ethyl adjacent to an activating group) is 1. The fourth-order valence-electron chi connectivity index (χ4n) is 7.05. The Morgan fingerprint density at radius 1 is 1.05 bits per heavy atom. The number of aliphatic hydroxyl groups excluding tert-OH is 1. The number of ether oxygens (including phenoxy) is 1. The lowest BCUT2D eigenvalue weighted by Crippen LogP contribution is -2.56. The van der Waals surface area contributed by atoms with Gasteiger partial charge in [-0.25, -0.2) is 0 Å². The van der Waals surface area contributed by atoms with Gasteiger partial charge in [-0.15, -0.1) is 13.2 Å². The third-order valence-electron chi connectivity index (χ3n) is 8.96. The summed E-state index contributed by atoms with van der Waals surface area (Å²) in [6.45, 7) is 13.8. The molecule has 3 aliphatic rings. The summed E-state index contributed by atoms with van der Waals surface area (Å²) in [6.07, 6.45) is 11.5. The Labute approximate surface area is 229 Å². The van der Waals surface area contributed by atoms with Gasteiger partial charge in [0.2, 0.25) is 17.7 Å². The molecule has 2 bridgehead atoms. The molecule has 3 amide bonds. The predicted octanol–water partition coefficient (Wildman–Crippen LogP) is 3.54. The van der Waals surface area contributed by atoms with Crippen molar-refractivity contribution in [3.05, 3.63) is 25.3 Å². The van der Waals surface area contributed by atoms with E-state index in [-0.39, 0.29) is 24.3 Å². The lowest BCUT2D eigenvalue weighted by atomic mass is 9.64. The largest absolute Gasteiger partial charge is 0.396 e. The van der Waals surface area contributed by atoms with E-state index in [0.717, 1.165) is 44.9 Å². The first-order chi connectivity index (χ1) is 18.3. The maximum atomic E-state index is 14.3. The van der Waals surface area contributed by atoms with E-state index in [1.165, 1.54) is 0 Å². The van der Waals surface area contributed by atoms with Gasteiger partial charge in [0, 0.05) is 39.8 Å². The number of rotatable bonds is 17. The number of nitrogens with zero attached hydrogens (tertiary/aromatic N) is 3. The van der Waals surface area contributed by atoms with Crippen molar-refractivity contribution in [2.24, 2.45) is 11.8 Å². The monoisotopic (exact) mass is 531 g/mol. The maximum absolute atomic E-state index is 14.3. The lowest BCUT2D eigenvalue weighted by Gasteiger charge is -2.37. The van der Waals surface area contributed by atoms with E-state index in [0.29, 0.717) is 45.4 Å². The normalized spacial score (nSPS) is 29.4. The Balaban J connectivity index is 2.00. The van der Waals surface area contributed by atoms with Crippen molar-refractivity contribution in [2.45, 2.75) is 95.3 Å². The van der Waals surface area contributed by atoms with Crippen molar-refractivity contribution in [3.63, 3.8) is 0 Å². The number of aliphatic hydroxyl groups is 1. The number of carbonyl (C=O) groups is 3. The molecule has 0 aromatic carbocycles. The van der Waals surface area contributed by atoms with Gasteiger partial charge < -0.3 is 24.5 Å². The molecule has 3 heterocycles. The van der Waals surface area contributed by atoms with Crippen molar-refractivity contribution in [1.29, 1.82) is 0 Å². The summed E-state index contributed by atoms with van der Waals surface area (Å²) >= 11 is 0. The fourth-order valence-corrected chi connectivity index (χ4v) is 7.05. The smallest absolute Gasteiger partial charge is 0.248 e. The minimum absolute atomic E-state index is 0.0911. The maximum Gasteiger partial charge on any atom is 0.248 e. The average molecular weight is 532 g/mol. The van der Waals surface area contributed by atoms with Crippen LogP contribution in [0, 0.1) is 11.8 Å². The van der Waals surface area contributed by atoms with Crippen LogP contribution < -0.4 is 0 Å². The predicted molar refractivity (Wildman–Crippen MR) is 148 cm³/mol. The van der Waals surface area contributed by atoms with Gasteiger partial charge in [-0.05, 0) is 38.5 Å². The Morgan fingerprint density at radius 3 is 2.39 bits per heavy atom. The molecule has 0 radical (unpaired) electrons. The van der Waals surface area contributed by atoms with Crippen LogP contribution in [-0.2, 0) is 19.1 Å². The first-order valence-corrected chi connectivity index (χ1v) is 14.7. The van der Waals surface area contributed by atoms with Gasteiger partial charge in [0.05, 0.1) is 17.4 Å². The Hall–Kier alpha value is -2.19. The second-order valence-corrected chi connectivity index (χ2v) is 11.3. The van der Waals surface area contributed by atoms with Crippen LogP contribution >= 0.6 is 0 Å². The van der Waals surface area contributed by atoms with Gasteiger partial charge in [0.25, 0.3) is 0 Å². The van der Waals surface area contributed by atoms with Gasteiger partial charge in [0.15, 0.2) is 0 Å². The molecule has 1 spiro atoms. The fraction of sp³-hybridized carbons (Fsp3) is 0.767. The molecule has 0 aromatic rings. The average Bonchev–Trinajstić information content (AvgIpc) is 3.51. The molecule has 5 atom stereocenters. The van der Waals surface area contributed by atoms with Crippen LogP contribution in [0.5, 0.6) is 0 Å². The van der Waals surface area contributed by atoms with Crippen LogP contribution in [0.15, 0.2) is 25.3 Å². The van der Waals surface area contributed by atoms with E-state index >= 15 is 0 Å². The van der Waals surface area contributed by atoms with Crippen molar-refractivity contribution in [1.82, 2.24) is 14.7 Å². The summed E-state index contributed by atoms with van der Waals surface area (Å²) in [4.78, 5) is 47.5. The first kappa shape index (κ1) is 30.4. The molecule has 214 valence electrons. The molecule has 0 aromatic heterocycles. The number of hydrogen-bond acceptors (Lipinski definition) is 5. The number of fused-ring (bicyclic) bond motifs is 1. The molecule has 3 rings (SSSR count). The number of hydrogen-bond donors (Lipinski definition) is 1. The zero-order valence-corrected chi connectivity index (χ0v) is 23.8. The molecule has 0 saturated carbocycles. The van der Waals surface area contributed by atoms with Crippen molar-refractivity contribution < 1.29 is 24.2 Å². The third-order valence-corrected chi connectivity index (χ3v) is 8.96. The van der Waals surface area contributed by atoms with E-state index in [4.69, 9.17) is 9.84 Å². The Morgan fingerprint density at radius 2 is 1.76 bits per heavy atom. The highest BCUT2D eigenvalue weighted by Crippen LogP contribution is 2.64. The van der Waals surface area contributed by atoms with Crippen molar-refractivity contribution in [2.75, 3.05) is 39.8 Å². The second kappa shape index (κ2) is 13.2. The van der Waals surface area contributed by atoms with Crippen LogP contribution in [0.3, 0.4) is 0 Å². The Bertz CT molecular complexity index is 878. The van der Waals surface area contributed by atoms with Gasteiger partial charge in [-0.2, -0.15) is 0 Å². The highest BCUT2D eigenvalue weighted by atomic mass is 16.5. The molecule has 3 aliphatic heterocycles. The molecular weight excluding hydrogens is 482 g/mol.